The Bertz CT molecular complexity index is 1850. The Balaban J connectivity index is 1.12. The maximum absolute atomic E-state index is 13.8. The Labute approximate surface area is 282 Å². The fourth-order valence-electron chi connectivity index (χ4n) is 6.36. The summed E-state index contributed by atoms with van der Waals surface area (Å²) >= 11 is 0. The monoisotopic (exact) mass is 664 g/mol. The number of aromatic nitrogens is 1. The molecule has 11 heteroatoms. The molecular formula is C37H40N6O4S. The van der Waals surface area contributed by atoms with Gasteiger partial charge in [0.2, 0.25) is 15.9 Å². The van der Waals surface area contributed by atoms with Crippen LogP contribution in [0, 0.1) is 11.3 Å². The van der Waals surface area contributed by atoms with Gasteiger partial charge in [-0.3, -0.25) is 9.52 Å². The number of nitriles is 1. The van der Waals surface area contributed by atoms with E-state index >= 15 is 0 Å². The predicted molar refractivity (Wildman–Crippen MR) is 187 cm³/mol. The number of pyridine rings is 1. The topological polar surface area (TPSA) is 119 Å². The van der Waals surface area contributed by atoms with Crippen molar-refractivity contribution in [2.75, 3.05) is 55.4 Å². The number of ether oxygens (including phenoxy) is 1. The lowest BCUT2D eigenvalue weighted by Crippen LogP contribution is -2.46. The lowest BCUT2D eigenvalue weighted by molar-refractivity contribution is 0.0713. The van der Waals surface area contributed by atoms with Gasteiger partial charge in [0, 0.05) is 57.1 Å². The quantitative estimate of drug-likeness (QED) is 0.224. The highest BCUT2D eigenvalue weighted by Crippen LogP contribution is 2.33. The van der Waals surface area contributed by atoms with E-state index in [-0.39, 0.29) is 11.7 Å². The van der Waals surface area contributed by atoms with Crippen LogP contribution < -0.4 is 14.4 Å². The van der Waals surface area contributed by atoms with Crippen LogP contribution in [0.15, 0.2) is 91.1 Å². The number of nitrogens with zero attached hydrogens (tertiary/aromatic N) is 5. The first-order chi connectivity index (χ1) is 23.3. The van der Waals surface area contributed by atoms with Gasteiger partial charge >= 0.3 is 0 Å². The van der Waals surface area contributed by atoms with Crippen molar-refractivity contribution in [2.45, 2.75) is 31.4 Å². The average Bonchev–Trinajstić information content (AvgIpc) is 3.12. The van der Waals surface area contributed by atoms with Crippen molar-refractivity contribution in [1.82, 2.24) is 14.8 Å². The second-order valence-electron chi connectivity index (χ2n) is 12.2. The molecule has 0 aliphatic carbocycles. The summed E-state index contributed by atoms with van der Waals surface area (Å²) in [6.45, 7) is 7.68. The smallest absolute Gasteiger partial charge is 0.253 e. The van der Waals surface area contributed by atoms with E-state index < -0.39 is 10.0 Å². The molecule has 1 aromatic heterocycles. The second-order valence-corrected chi connectivity index (χ2v) is 14.0. The van der Waals surface area contributed by atoms with Gasteiger partial charge in [-0.25, -0.2) is 13.4 Å². The molecule has 0 spiro atoms. The molecule has 3 heterocycles. The number of likely N-dealkylation sites (tertiary alicyclic amines) is 1. The standard InChI is InChI=1S/C37H40N6O4S/c1-2-41-20-22-42(23-21-41)35-14-11-32(24-34(35)40-48(45,46)27-28-6-4-3-5-7-28)37(44)43-18-16-31(17-19-43)30-9-12-33(13-10-30)47-36-15-8-29(25-38)26-39-36/h3-15,24,26,31,40H,2,16-23,27H2,1H3. The number of hydrogen-bond acceptors (Lipinski definition) is 8. The van der Waals surface area contributed by atoms with Crippen LogP contribution in [0.5, 0.6) is 11.6 Å². The van der Waals surface area contributed by atoms with Crippen LogP contribution in [-0.2, 0) is 15.8 Å². The van der Waals surface area contributed by atoms with Crippen LogP contribution in [-0.4, -0.2) is 74.9 Å². The number of rotatable bonds is 10. The molecule has 2 fully saturated rings. The number of anilines is 2. The summed E-state index contributed by atoms with van der Waals surface area (Å²) in [4.78, 5) is 24.4. The molecule has 2 aliphatic rings. The van der Waals surface area contributed by atoms with Crippen LogP contribution in [0.4, 0.5) is 11.4 Å². The molecule has 0 unspecified atom stereocenters. The van der Waals surface area contributed by atoms with Gasteiger partial charge in [-0.15, -0.1) is 0 Å². The Morgan fingerprint density at radius 3 is 2.31 bits per heavy atom. The zero-order valence-corrected chi connectivity index (χ0v) is 27.9. The number of carbonyl (C=O) groups excluding carboxylic acids is 1. The number of piperidine rings is 1. The number of benzene rings is 3. The molecule has 0 saturated carbocycles. The molecule has 10 nitrogen and oxygen atoms in total. The fraction of sp³-hybridized carbons (Fsp3) is 0.324. The Hall–Kier alpha value is -4.92. The Morgan fingerprint density at radius 1 is 0.938 bits per heavy atom. The first-order valence-electron chi connectivity index (χ1n) is 16.4. The van der Waals surface area contributed by atoms with Crippen molar-refractivity contribution in [3.05, 3.63) is 113 Å². The highest BCUT2D eigenvalue weighted by atomic mass is 32.2. The molecule has 0 atom stereocenters. The zero-order chi connectivity index (χ0) is 33.5. The summed E-state index contributed by atoms with van der Waals surface area (Å²) in [6.07, 6.45) is 3.12. The summed E-state index contributed by atoms with van der Waals surface area (Å²) in [5, 5.41) is 8.96. The minimum absolute atomic E-state index is 0.0991. The van der Waals surface area contributed by atoms with Gasteiger partial charge in [0.1, 0.15) is 11.8 Å². The van der Waals surface area contributed by atoms with Crippen molar-refractivity contribution in [3.8, 4) is 17.7 Å². The largest absolute Gasteiger partial charge is 0.439 e. The third kappa shape index (κ3) is 8.13. The lowest BCUT2D eigenvalue weighted by atomic mass is 9.89. The Kier molecular flexibility index (Phi) is 10.2. The number of hydrogen-bond donors (Lipinski definition) is 1. The molecular weight excluding hydrogens is 625 g/mol. The number of sulfonamides is 1. The molecule has 2 aliphatic heterocycles. The van der Waals surface area contributed by atoms with Crippen LogP contribution in [0.2, 0.25) is 0 Å². The van der Waals surface area contributed by atoms with Crippen molar-refractivity contribution in [1.29, 1.82) is 5.26 Å². The third-order valence-electron chi connectivity index (χ3n) is 9.09. The van der Waals surface area contributed by atoms with Gasteiger partial charge < -0.3 is 19.4 Å². The Morgan fingerprint density at radius 2 is 1.67 bits per heavy atom. The van der Waals surface area contributed by atoms with Crippen LogP contribution in [0.1, 0.15) is 52.7 Å². The number of carbonyl (C=O) groups is 1. The van der Waals surface area contributed by atoms with Crippen LogP contribution >= 0.6 is 0 Å². The van der Waals surface area contributed by atoms with Gasteiger partial charge in [0.05, 0.1) is 22.7 Å². The number of nitrogens with one attached hydrogen (secondary N) is 1. The first-order valence-corrected chi connectivity index (χ1v) is 18.0. The number of likely N-dealkylation sites (N-methyl/N-ethyl adjacent to an activating group) is 1. The minimum atomic E-state index is -3.73. The van der Waals surface area contributed by atoms with E-state index in [1.54, 1.807) is 30.3 Å². The van der Waals surface area contributed by atoms with Crippen molar-refractivity contribution in [3.63, 3.8) is 0 Å². The van der Waals surface area contributed by atoms with Crippen molar-refractivity contribution < 1.29 is 17.9 Å². The summed E-state index contributed by atoms with van der Waals surface area (Å²) in [5.41, 5.74) is 4.06. The van der Waals surface area contributed by atoms with Gasteiger partial charge in [-0.2, -0.15) is 5.26 Å². The lowest BCUT2D eigenvalue weighted by Gasteiger charge is -2.36. The minimum Gasteiger partial charge on any atom is -0.439 e. The molecule has 248 valence electrons. The summed E-state index contributed by atoms with van der Waals surface area (Å²) < 4.78 is 35.3. The summed E-state index contributed by atoms with van der Waals surface area (Å²) in [5.74, 6) is 1.14. The number of amides is 1. The van der Waals surface area contributed by atoms with E-state index in [0.29, 0.717) is 53.0 Å². The highest BCUT2D eigenvalue weighted by molar-refractivity contribution is 7.91. The third-order valence-corrected chi connectivity index (χ3v) is 10.3. The van der Waals surface area contributed by atoms with Crippen LogP contribution in [0.25, 0.3) is 0 Å². The second kappa shape index (κ2) is 14.9. The van der Waals surface area contributed by atoms with E-state index in [4.69, 9.17) is 10.00 Å². The molecule has 4 aromatic rings. The van der Waals surface area contributed by atoms with Gasteiger partial charge in [-0.1, -0.05) is 49.4 Å². The van der Waals surface area contributed by atoms with Crippen molar-refractivity contribution in [2.24, 2.45) is 0 Å². The fourth-order valence-corrected chi connectivity index (χ4v) is 7.56. The molecule has 0 bridgehead atoms. The van der Waals surface area contributed by atoms with E-state index in [0.717, 1.165) is 51.3 Å². The molecule has 2 saturated heterocycles. The molecule has 1 amide bonds. The van der Waals surface area contributed by atoms with E-state index in [2.05, 4.69) is 26.4 Å². The number of piperazine rings is 1. The average molecular weight is 665 g/mol. The van der Waals surface area contributed by atoms with Crippen molar-refractivity contribution >= 4 is 27.3 Å². The maximum Gasteiger partial charge on any atom is 0.253 e. The highest BCUT2D eigenvalue weighted by Gasteiger charge is 2.27. The van der Waals surface area contributed by atoms with Gasteiger partial charge in [0.15, 0.2) is 0 Å². The van der Waals surface area contributed by atoms with Crippen LogP contribution in [0.3, 0.4) is 0 Å². The normalized spacial score (nSPS) is 15.9. The maximum atomic E-state index is 13.8. The van der Waals surface area contributed by atoms with Gasteiger partial charge in [-0.05, 0) is 72.8 Å². The molecule has 0 radical (unpaired) electrons. The molecule has 3 aromatic carbocycles. The predicted octanol–water partition coefficient (Wildman–Crippen LogP) is 5.85. The summed E-state index contributed by atoms with van der Waals surface area (Å²) in [7, 11) is -3.73. The molecule has 1 N–H and O–H groups in total. The summed E-state index contributed by atoms with van der Waals surface area (Å²) in [6, 6.07) is 27.8. The first kappa shape index (κ1) is 33.0. The van der Waals surface area contributed by atoms with Gasteiger partial charge in [0.25, 0.3) is 5.91 Å². The van der Waals surface area contributed by atoms with E-state index in [9.17, 15) is 13.2 Å². The SMILES string of the molecule is CCN1CCN(c2ccc(C(=O)N3CCC(c4ccc(Oc5ccc(C#N)cn5)cc4)CC3)cc2NS(=O)(=O)Cc2ccccc2)CC1. The van der Waals surface area contributed by atoms with E-state index in [1.165, 1.54) is 11.8 Å². The van der Waals surface area contributed by atoms with E-state index in [1.807, 2.05) is 65.6 Å². The molecule has 6 rings (SSSR count). The molecule has 48 heavy (non-hydrogen) atoms. The zero-order valence-electron chi connectivity index (χ0n) is 27.1.